The second-order valence-electron chi connectivity index (χ2n) is 5.27. The Kier molecular flexibility index (Phi) is 4.85. The van der Waals surface area contributed by atoms with E-state index in [1.807, 2.05) is 0 Å². The Morgan fingerprint density at radius 2 is 1.08 bits per heavy atom. The van der Waals surface area contributed by atoms with Crippen LogP contribution in [0.15, 0.2) is 72.8 Å². The van der Waals surface area contributed by atoms with Crippen molar-refractivity contribution in [2.75, 3.05) is 7.05 Å². The van der Waals surface area contributed by atoms with Crippen molar-refractivity contribution < 1.29 is 19.4 Å². The van der Waals surface area contributed by atoms with Gasteiger partial charge in [-0.25, -0.2) is 0 Å². The molecule has 126 valence electrons. The molecule has 0 saturated carbocycles. The number of benzene rings is 3. The molecule has 0 aliphatic heterocycles. The van der Waals surface area contributed by atoms with Crippen LogP contribution < -0.4 is 14.8 Å². The number of phenols is 1. The number of hydrogen-bond donors (Lipinski definition) is 2. The van der Waals surface area contributed by atoms with Crippen LogP contribution >= 0.6 is 0 Å². The van der Waals surface area contributed by atoms with E-state index < -0.39 is 0 Å². The van der Waals surface area contributed by atoms with E-state index in [0.717, 1.165) is 0 Å². The molecule has 25 heavy (non-hydrogen) atoms. The van der Waals surface area contributed by atoms with Gasteiger partial charge >= 0.3 is 0 Å². The van der Waals surface area contributed by atoms with Gasteiger partial charge in [0.25, 0.3) is 5.91 Å². The summed E-state index contributed by atoms with van der Waals surface area (Å²) in [5.74, 6) is 2.65. The average molecular weight is 335 g/mol. The summed E-state index contributed by atoms with van der Waals surface area (Å²) in [6.45, 7) is 0. The predicted octanol–water partition coefficient (Wildman–Crippen LogP) is 4.34. The maximum absolute atomic E-state index is 11.5. The van der Waals surface area contributed by atoms with Gasteiger partial charge in [-0.05, 0) is 72.8 Å². The monoisotopic (exact) mass is 335 g/mol. The van der Waals surface area contributed by atoms with E-state index in [9.17, 15) is 9.90 Å². The van der Waals surface area contributed by atoms with Crippen LogP contribution in [0.4, 0.5) is 0 Å². The van der Waals surface area contributed by atoms with Crippen molar-refractivity contribution in [2.45, 2.75) is 0 Å². The van der Waals surface area contributed by atoms with Gasteiger partial charge in [0.05, 0.1) is 0 Å². The third-order valence-corrected chi connectivity index (χ3v) is 3.48. The minimum atomic E-state index is -0.137. The Morgan fingerprint density at radius 1 is 0.720 bits per heavy atom. The summed E-state index contributed by atoms with van der Waals surface area (Å²) >= 11 is 0. The summed E-state index contributed by atoms with van der Waals surface area (Å²) in [5.41, 5.74) is 0.576. The fourth-order valence-electron chi connectivity index (χ4n) is 2.18. The number of hydrogen-bond acceptors (Lipinski definition) is 4. The fraction of sp³-hybridized carbons (Fsp3) is 0.0500. The average Bonchev–Trinajstić information content (AvgIpc) is 2.65. The van der Waals surface area contributed by atoms with E-state index in [1.54, 1.807) is 79.8 Å². The lowest BCUT2D eigenvalue weighted by molar-refractivity contribution is 0.0963. The molecule has 5 heteroatoms. The van der Waals surface area contributed by atoms with Gasteiger partial charge in [0.1, 0.15) is 28.7 Å². The molecule has 0 aliphatic rings. The molecule has 2 N–H and O–H groups in total. The molecule has 0 fully saturated rings. The number of aromatic hydroxyl groups is 1. The summed E-state index contributed by atoms with van der Waals surface area (Å²) in [6.07, 6.45) is 0. The van der Waals surface area contributed by atoms with Crippen LogP contribution in [0.3, 0.4) is 0 Å². The molecule has 0 spiro atoms. The summed E-state index contributed by atoms with van der Waals surface area (Å²) < 4.78 is 11.4. The predicted molar refractivity (Wildman–Crippen MR) is 94.5 cm³/mol. The topological polar surface area (TPSA) is 67.8 Å². The molecule has 3 aromatic rings. The number of rotatable bonds is 5. The zero-order valence-electron chi connectivity index (χ0n) is 13.6. The van der Waals surface area contributed by atoms with E-state index in [4.69, 9.17) is 9.47 Å². The van der Waals surface area contributed by atoms with Gasteiger partial charge in [-0.1, -0.05) is 0 Å². The second-order valence-corrected chi connectivity index (χ2v) is 5.27. The normalized spacial score (nSPS) is 10.1. The van der Waals surface area contributed by atoms with Crippen molar-refractivity contribution in [3.63, 3.8) is 0 Å². The number of nitrogens with one attached hydrogen (secondary N) is 1. The molecule has 0 heterocycles. The third kappa shape index (κ3) is 4.29. The van der Waals surface area contributed by atoms with E-state index in [-0.39, 0.29) is 11.7 Å². The van der Waals surface area contributed by atoms with Crippen molar-refractivity contribution in [1.82, 2.24) is 5.32 Å². The van der Waals surface area contributed by atoms with Crippen LogP contribution in [-0.2, 0) is 0 Å². The molecule has 5 nitrogen and oxygen atoms in total. The summed E-state index contributed by atoms with van der Waals surface area (Å²) in [5, 5.41) is 11.8. The van der Waals surface area contributed by atoms with E-state index >= 15 is 0 Å². The highest BCUT2D eigenvalue weighted by Crippen LogP contribution is 2.27. The number of carbonyl (C=O) groups excluding carboxylic acids is 1. The molecule has 0 saturated heterocycles. The van der Waals surface area contributed by atoms with Crippen LogP contribution in [0.5, 0.6) is 28.7 Å². The Labute approximate surface area is 145 Å². The first-order chi connectivity index (χ1) is 12.1. The smallest absolute Gasteiger partial charge is 0.251 e. The molecule has 0 aromatic heterocycles. The van der Waals surface area contributed by atoms with Gasteiger partial charge in [-0.15, -0.1) is 0 Å². The highest BCUT2D eigenvalue weighted by molar-refractivity contribution is 5.94. The maximum Gasteiger partial charge on any atom is 0.251 e. The minimum absolute atomic E-state index is 0.137. The molecular weight excluding hydrogens is 318 g/mol. The summed E-state index contributed by atoms with van der Waals surface area (Å²) in [6, 6.07) is 20.6. The lowest BCUT2D eigenvalue weighted by Crippen LogP contribution is -2.17. The van der Waals surface area contributed by atoms with Crippen molar-refractivity contribution >= 4 is 5.91 Å². The van der Waals surface area contributed by atoms with Crippen molar-refractivity contribution in [1.29, 1.82) is 0 Å². The number of ether oxygens (including phenoxy) is 2. The fourth-order valence-corrected chi connectivity index (χ4v) is 2.18. The van der Waals surface area contributed by atoms with E-state index in [1.165, 1.54) is 0 Å². The largest absolute Gasteiger partial charge is 0.508 e. The van der Waals surface area contributed by atoms with Crippen LogP contribution in [0.1, 0.15) is 10.4 Å². The lowest BCUT2D eigenvalue weighted by Gasteiger charge is -2.09. The first kappa shape index (κ1) is 16.4. The second kappa shape index (κ2) is 7.40. The van der Waals surface area contributed by atoms with Gasteiger partial charge in [-0.3, -0.25) is 4.79 Å². The first-order valence-electron chi connectivity index (χ1n) is 7.71. The van der Waals surface area contributed by atoms with E-state index in [2.05, 4.69) is 5.32 Å². The molecular formula is C20H17NO4. The zero-order valence-corrected chi connectivity index (χ0v) is 13.6. The molecule has 3 rings (SSSR count). The van der Waals surface area contributed by atoms with E-state index in [0.29, 0.717) is 28.6 Å². The Balaban J connectivity index is 1.64. The highest BCUT2D eigenvalue weighted by atomic mass is 16.5. The van der Waals surface area contributed by atoms with Crippen molar-refractivity contribution in [3.8, 4) is 28.7 Å². The standard InChI is InChI=1S/C20H17NO4/c1-21-20(23)14-2-6-16(7-3-14)24-18-10-12-19(13-11-18)25-17-8-4-15(22)5-9-17/h2-13,22H,1H3,(H,21,23). The van der Waals surface area contributed by atoms with Gasteiger partial charge in [0.15, 0.2) is 0 Å². The van der Waals surface area contributed by atoms with Gasteiger partial charge in [-0.2, -0.15) is 0 Å². The van der Waals surface area contributed by atoms with Gasteiger partial charge < -0.3 is 19.9 Å². The first-order valence-corrected chi connectivity index (χ1v) is 7.71. The SMILES string of the molecule is CNC(=O)c1ccc(Oc2ccc(Oc3ccc(O)cc3)cc2)cc1. The minimum Gasteiger partial charge on any atom is -0.508 e. The van der Waals surface area contributed by atoms with Crippen LogP contribution in [0.25, 0.3) is 0 Å². The number of phenolic OH excluding ortho intramolecular Hbond substituents is 1. The Bertz CT molecular complexity index is 840. The summed E-state index contributed by atoms with van der Waals surface area (Å²) in [4.78, 5) is 11.5. The Hall–Kier alpha value is -3.47. The molecule has 0 atom stereocenters. The number of carbonyl (C=O) groups is 1. The van der Waals surface area contributed by atoms with Gasteiger partial charge in [0.2, 0.25) is 0 Å². The zero-order chi connectivity index (χ0) is 17.6. The molecule has 0 radical (unpaired) electrons. The molecule has 0 unspecified atom stereocenters. The molecule has 1 amide bonds. The van der Waals surface area contributed by atoms with Gasteiger partial charge in [0, 0.05) is 12.6 Å². The van der Waals surface area contributed by atoms with Crippen molar-refractivity contribution in [2.24, 2.45) is 0 Å². The van der Waals surface area contributed by atoms with Crippen LogP contribution in [-0.4, -0.2) is 18.1 Å². The third-order valence-electron chi connectivity index (χ3n) is 3.48. The van der Waals surface area contributed by atoms with Crippen LogP contribution in [0.2, 0.25) is 0 Å². The molecule has 3 aromatic carbocycles. The summed E-state index contributed by atoms with van der Waals surface area (Å²) in [7, 11) is 1.59. The maximum atomic E-state index is 11.5. The molecule has 0 aliphatic carbocycles. The quantitative estimate of drug-likeness (QED) is 0.728. The van der Waals surface area contributed by atoms with Crippen molar-refractivity contribution in [3.05, 3.63) is 78.4 Å². The molecule has 0 bridgehead atoms. The Morgan fingerprint density at radius 3 is 1.48 bits per heavy atom. The lowest BCUT2D eigenvalue weighted by atomic mass is 10.2. The number of amides is 1. The highest BCUT2D eigenvalue weighted by Gasteiger charge is 2.04. The van der Waals surface area contributed by atoms with Crippen LogP contribution in [0, 0.1) is 0 Å².